The first-order chi connectivity index (χ1) is 4.36. The molecule has 1 aromatic rings. The largest absolute Gasteiger partial charge is 0.317 e. The van der Waals surface area contributed by atoms with Crippen LogP contribution in [0, 0.1) is 0 Å². The average Bonchev–Trinajstić information content (AvgIpc) is 2.22. The van der Waals surface area contributed by atoms with Crippen LogP contribution in [0.4, 0.5) is 5.00 Å². The summed E-state index contributed by atoms with van der Waals surface area (Å²) in [7, 11) is 0. The molecule has 2 nitrogen and oxygen atoms in total. The highest BCUT2D eigenvalue weighted by molar-refractivity contribution is 7.14. The summed E-state index contributed by atoms with van der Waals surface area (Å²) >= 11 is 1.58. The van der Waals surface area contributed by atoms with Crippen LogP contribution in [0.5, 0.6) is 0 Å². The van der Waals surface area contributed by atoms with Crippen molar-refractivity contribution in [1.82, 2.24) is 0 Å². The molecule has 0 aliphatic carbocycles. The van der Waals surface area contributed by atoms with Crippen molar-refractivity contribution in [3.05, 3.63) is 17.0 Å². The van der Waals surface area contributed by atoms with Gasteiger partial charge in [0.25, 0.3) is 0 Å². The molecule has 3 heteroatoms. The highest BCUT2D eigenvalue weighted by Gasteiger charge is 2.17. The Bertz CT molecular complexity index is 231. The molecular weight excluding hydrogens is 134 g/mol. The zero-order valence-corrected chi connectivity index (χ0v) is 5.49. The van der Waals surface area contributed by atoms with Crippen molar-refractivity contribution in [3.63, 3.8) is 0 Å². The van der Waals surface area contributed by atoms with Crippen LogP contribution >= 0.6 is 11.3 Å². The van der Waals surface area contributed by atoms with E-state index in [0.717, 1.165) is 10.6 Å². The number of fused-ring (bicyclic) bond motifs is 1. The number of anilines is 1. The maximum Gasteiger partial charge on any atom is 0.229 e. The molecule has 2 rings (SSSR count). The number of carbonyl (C=O) groups excluding carboxylic acids is 1. The molecular formula is C6H5NOS. The molecule has 0 atom stereocenters. The Morgan fingerprint density at radius 3 is 3.33 bits per heavy atom. The fourth-order valence-electron chi connectivity index (χ4n) is 0.928. The summed E-state index contributed by atoms with van der Waals surface area (Å²) < 4.78 is 0. The lowest BCUT2D eigenvalue weighted by atomic mass is 10.3. The molecule has 0 saturated carbocycles. The normalized spacial score (nSPS) is 15.3. The molecule has 1 N–H and O–H groups in total. The van der Waals surface area contributed by atoms with Gasteiger partial charge in [0, 0.05) is 0 Å². The maximum atomic E-state index is 10.7. The van der Waals surface area contributed by atoms with Crippen molar-refractivity contribution in [2.45, 2.75) is 6.42 Å². The Morgan fingerprint density at radius 2 is 2.56 bits per heavy atom. The number of hydrogen-bond donors (Lipinski definition) is 1. The smallest absolute Gasteiger partial charge is 0.229 e. The second-order valence-corrected chi connectivity index (χ2v) is 2.92. The predicted molar refractivity (Wildman–Crippen MR) is 36.7 cm³/mol. The standard InChI is InChI=1S/C6H5NOS/c8-5-3-4-1-2-9-6(4)7-5/h1-2H,3H2,(H,7,8). The van der Waals surface area contributed by atoms with E-state index in [-0.39, 0.29) is 5.91 Å². The maximum absolute atomic E-state index is 10.7. The molecule has 1 aromatic heterocycles. The number of thiophene rings is 1. The van der Waals surface area contributed by atoms with Crippen LogP contribution in [0.3, 0.4) is 0 Å². The molecule has 46 valence electrons. The van der Waals surface area contributed by atoms with Gasteiger partial charge in [-0.3, -0.25) is 4.79 Å². The molecule has 0 bridgehead atoms. The van der Waals surface area contributed by atoms with E-state index < -0.39 is 0 Å². The van der Waals surface area contributed by atoms with Gasteiger partial charge in [-0.15, -0.1) is 11.3 Å². The molecule has 0 spiro atoms. The molecule has 9 heavy (non-hydrogen) atoms. The average molecular weight is 139 g/mol. The van der Waals surface area contributed by atoms with E-state index in [9.17, 15) is 4.79 Å². The first-order valence-corrected chi connectivity index (χ1v) is 3.60. The van der Waals surface area contributed by atoms with Gasteiger partial charge >= 0.3 is 0 Å². The number of nitrogens with one attached hydrogen (secondary N) is 1. The van der Waals surface area contributed by atoms with E-state index in [0.29, 0.717) is 6.42 Å². The van der Waals surface area contributed by atoms with Gasteiger partial charge in [-0.05, 0) is 17.0 Å². The van der Waals surface area contributed by atoms with Gasteiger partial charge in [0.15, 0.2) is 0 Å². The Labute approximate surface area is 56.5 Å². The Hall–Kier alpha value is -0.830. The summed E-state index contributed by atoms with van der Waals surface area (Å²) in [6, 6.07) is 1.98. The van der Waals surface area contributed by atoms with Crippen molar-refractivity contribution in [2.75, 3.05) is 5.32 Å². The van der Waals surface area contributed by atoms with Crippen LogP contribution in [-0.2, 0) is 11.2 Å². The highest BCUT2D eigenvalue weighted by Crippen LogP contribution is 2.28. The molecule has 1 aliphatic heterocycles. The molecule has 0 radical (unpaired) electrons. The Balaban J connectivity index is 2.49. The number of hydrogen-bond acceptors (Lipinski definition) is 2. The molecule has 1 aliphatic rings. The van der Waals surface area contributed by atoms with Crippen LogP contribution in [0.2, 0.25) is 0 Å². The predicted octanol–water partition coefficient (Wildman–Crippen LogP) is 1.24. The second-order valence-electron chi connectivity index (χ2n) is 2.00. The lowest BCUT2D eigenvalue weighted by Gasteiger charge is -1.85. The zero-order chi connectivity index (χ0) is 6.27. The van der Waals surface area contributed by atoms with E-state index in [1.54, 1.807) is 11.3 Å². The minimum Gasteiger partial charge on any atom is -0.317 e. The van der Waals surface area contributed by atoms with Gasteiger partial charge < -0.3 is 5.32 Å². The van der Waals surface area contributed by atoms with Crippen LogP contribution in [-0.4, -0.2) is 5.91 Å². The number of carbonyl (C=O) groups is 1. The fraction of sp³-hybridized carbons (Fsp3) is 0.167. The minimum absolute atomic E-state index is 0.122. The lowest BCUT2D eigenvalue weighted by Crippen LogP contribution is -2.03. The minimum atomic E-state index is 0.122. The van der Waals surface area contributed by atoms with Gasteiger partial charge in [0.1, 0.15) is 0 Å². The Kier molecular flexibility index (Phi) is 0.873. The van der Waals surface area contributed by atoms with Crippen LogP contribution in [0.1, 0.15) is 5.56 Å². The Morgan fingerprint density at radius 1 is 1.67 bits per heavy atom. The molecule has 0 fully saturated rings. The highest BCUT2D eigenvalue weighted by atomic mass is 32.1. The summed E-state index contributed by atoms with van der Waals surface area (Å²) in [4.78, 5) is 10.7. The quantitative estimate of drug-likeness (QED) is 0.575. The first-order valence-electron chi connectivity index (χ1n) is 2.72. The van der Waals surface area contributed by atoms with Gasteiger partial charge in [-0.2, -0.15) is 0 Å². The van der Waals surface area contributed by atoms with Crippen molar-refractivity contribution in [2.24, 2.45) is 0 Å². The summed E-state index contributed by atoms with van der Waals surface area (Å²) in [6.45, 7) is 0. The van der Waals surface area contributed by atoms with Crippen LogP contribution < -0.4 is 5.32 Å². The van der Waals surface area contributed by atoms with Gasteiger partial charge in [-0.1, -0.05) is 0 Å². The van der Waals surface area contributed by atoms with Crippen molar-refractivity contribution < 1.29 is 4.79 Å². The van der Waals surface area contributed by atoms with Crippen LogP contribution in [0.25, 0.3) is 0 Å². The van der Waals surface area contributed by atoms with Gasteiger partial charge in [-0.25, -0.2) is 0 Å². The fourth-order valence-corrected chi connectivity index (χ4v) is 1.76. The first kappa shape index (κ1) is 4.99. The van der Waals surface area contributed by atoms with Crippen molar-refractivity contribution in [3.8, 4) is 0 Å². The second kappa shape index (κ2) is 1.57. The third-order valence-corrected chi connectivity index (χ3v) is 2.22. The molecule has 2 heterocycles. The summed E-state index contributed by atoms with van der Waals surface area (Å²) in [5.41, 5.74) is 1.14. The van der Waals surface area contributed by atoms with Crippen LogP contribution in [0.15, 0.2) is 11.4 Å². The number of amides is 1. The zero-order valence-electron chi connectivity index (χ0n) is 4.68. The summed E-state index contributed by atoms with van der Waals surface area (Å²) in [5.74, 6) is 0.122. The van der Waals surface area contributed by atoms with Crippen molar-refractivity contribution >= 4 is 22.2 Å². The van der Waals surface area contributed by atoms with E-state index in [1.165, 1.54) is 0 Å². The third kappa shape index (κ3) is 0.650. The summed E-state index contributed by atoms with van der Waals surface area (Å²) in [6.07, 6.45) is 0.568. The number of rotatable bonds is 0. The van der Waals surface area contributed by atoms with E-state index in [4.69, 9.17) is 0 Å². The van der Waals surface area contributed by atoms with Gasteiger partial charge in [0.2, 0.25) is 5.91 Å². The van der Waals surface area contributed by atoms with Gasteiger partial charge in [0.05, 0.1) is 11.4 Å². The topological polar surface area (TPSA) is 29.1 Å². The van der Waals surface area contributed by atoms with E-state index in [1.807, 2.05) is 11.4 Å². The lowest BCUT2D eigenvalue weighted by molar-refractivity contribution is -0.115. The monoisotopic (exact) mass is 139 g/mol. The molecule has 0 unspecified atom stereocenters. The SMILES string of the molecule is O=C1Cc2ccsc2N1. The molecule has 0 saturated heterocycles. The third-order valence-electron chi connectivity index (χ3n) is 1.35. The van der Waals surface area contributed by atoms with E-state index in [2.05, 4.69) is 5.32 Å². The molecule has 1 amide bonds. The van der Waals surface area contributed by atoms with E-state index >= 15 is 0 Å². The van der Waals surface area contributed by atoms with Crippen molar-refractivity contribution in [1.29, 1.82) is 0 Å². The summed E-state index contributed by atoms with van der Waals surface area (Å²) in [5, 5.41) is 5.77. The molecule has 0 aromatic carbocycles.